The molecule has 2 atom stereocenters. The topological polar surface area (TPSA) is 70.1 Å². The summed E-state index contributed by atoms with van der Waals surface area (Å²) in [6.45, 7) is 0. The van der Waals surface area contributed by atoms with E-state index < -0.39 is 0 Å². The van der Waals surface area contributed by atoms with E-state index in [0.29, 0.717) is 23.1 Å². The van der Waals surface area contributed by atoms with E-state index >= 15 is 0 Å². The minimum absolute atomic E-state index is 0.0255. The second kappa shape index (κ2) is 9.29. The number of carbonyl (C=O) groups is 1. The highest BCUT2D eigenvalue weighted by molar-refractivity contribution is 5.92. The Morgan fingerprint density at radius 3 is 2.26 bits per heavy atom. The summed E-state index contributed by atoms with van der Waals surface area (Å²) < 4.78 is 22.2. The minimum Gasteiger partial charge on any atom is -0.493 e. The quantitative estimate of drug-likeness (QED) is 0.631. The van der Waals surface area contributed by atoms with E-state index in [4.69, 9.17) is 18.9 Å². The molecule has 31 heavy (non-hydrogen) atoms. The number of amides is 1. The third-order valence-corrected chi connectivity index (χ3v) is 5.97. The van der Waals surface area contributed by atoms with Gasteiger partial charge >= 0.3 is 0 Å². The smallest absolute Gasteiger partial charge is 0.247 e. The molecule has 0 N–H and O–H groups in total. The van der Waals surface area contributed by atoms with Crippen molar-refractivity contribution in [2.75, 3.05) is 21.3 Å². The summed E-state index contributed by atoms with van der Waals surface area (Å²) in [5.41, 5.74) is 0.809. The second-order valence-electron chi connectivity index (χ2n) is 7.80. The summed E-state index contributed by atoms with van der Waals surface area (Å²) in [5.74, 6) is 2.32. The molecule has 1 aromatic heterocycles. The Hall–Kier alpha value is -3.22. The maximum absolute atomic E-state index is 13.0. The Kier molecular flexibility index (Phi) is 6.30. The van der Waals surface area contributed by atoms with Gasteiger partial charge in [-0.05, 0) is 42.7 Å². The van der Waals surface area contributed by atoms with Crippen LogP contribution in [0.1, 0.15) is 31.2 Å². The van der Waals surface area contributed by atoms with E-state index in [0.717, 1.165) is 31.2 Å². The standard InChI is InChI=1S/C24H28N2O5/c1-28-20-12-16(13-21(29-2)24(20)30-3)7-10-23(27)26-17-8-9-18(26)15-19(14-17)31-22-6-4-5-11-25-22/h4-7,10-13,17-19H,8-9,14-15H2,1-3H3/b10-7+. The lowest BCUT2D eigenvalue weighted by Crippen LogP contribution is -2.48. The molecule has 2 saturated heterocycles. The van der Waals surface area contributed by atoms with Gasteiger partial charge in [0.15, 0.2) is 11.5 Å². The van der Waals surface area contributed by atoms with Crippen LogP contribution in [-0.2, 0) is 4.79 Å². The van der Waals surface area contributed by atoms with Crippen LogP contribution in [0.3, 0.4) is 0 Å². The highest BCUT2D eigenvalue weighted by Crippen LogP contribution is 2.39. The van der Waals surface area contributed by atoms with E-state index in [-0.39, 0.29) is 24.1 Å². The van der Waals surface area contributed by atoms with E-state index in [1.807, 2.05) is 35.2 Å². The predicted octanol–water partition coefficient (Wildman–Crippen LogP) is 3.72. The van der Waals surface area contributed by atoms with Gasteiger partial charge in [0.1, 0.15) is 6.10 Å². The second-order valence-corrected chi connectivity index (χ2v) is 7.80. The van der Waals surface area contributed by atoms with Gasteiger partial charge in [0.2, 0.25) is 17.5 Å². The van der Waals surface area contributed by atoms with Gasteiger partial charge in [-0.2, -0.15) is 0 Å². The molecule has 4 rings (SSSR count). The van der Waals surface area contributed by atoms with Crippen LogP contribution in [0.5, 0.6) is 23.1 Å². The summed E-state index contributed by atoms with van der Waals surface area (Å²) in [5, 5.41) is 0. The Bertz CT molecular complexity index is 907. The van der Waals surface area contributed by atoms with Crippen molar-refractivity contribution in [2.24, 2.45) is 0 Å². The van der Waals surface area contributed by atoms with Crippen molar-refractivity contribution in [1.82, 2.24) is 9.88 Å². The van der Waals surface area contributed by atoms with Crippen LogP contribution in [0.25, 0.3) is 6.08 Å². The first-order valence-electron chi connectivity index (χ1n) is 10.5. The molecule has 0 saturated carbocycles. The third-order valence-electron chi connectivity index (χ3n) is 5.97. The number of pyridine rings is 1. The van der Waals surface area contributed by atoms with Crippen LogP contribution in [0, 0.1) is 0 Å². The van der Waals surface area contributed by atoms with Crippen molar-refractivity contribution < 1.29 is 23.7 Å². The fraction of sp³-hybridized carbons (Fsp3) is 0.417. The van der Waals surface area contributed by atoms with Gasteiger partial charge in [-0.3, -0.25) is 4.79 Å². The molecule has 1 amide bonds. The first-order chi connectivity index (χ1) is 15.1. The van der Waals surface area contributed by atoms with E-state index in [2.05, 4.69) is 4.98 Å². The summed E-state index contributed by atoms with van der Waals surface area (Å²) in [6, 6.07) is 9.72. The van der Waals surface area contributed by atoms with Crippen LogP contribution >= 0.6 is 0 Å². The lowest BCUT2D eigenvalue weighted by molar-refractivity contribution is -0.131. The van der Waals surface area contributed by atoms with Crippen LogP contribution in [0.2, 0.25) is 0 Å². The minimum atomic E-state index is 0.0255. The van der Waals surface area contributed by atoms with Crippen molar-refractivity contribution >= 4 is 12.0 Å². The predicted molar refractivity (Wildman–Crippen MR) is 117 cm³/mol. The summed E-state index contributed by atoms with van der Waals surface area (Å²) >= 11 is 0. The number of ether oxygens (including phenoxy) is 4. The molecule has 0 radical (unpaired) electrons. The monoisotopic (exact) mass is 424 g/mol. The Labute approximate surface area is 182 Å². The fourth-order valence-corrected chi connectivity index (χ4v) is 4.62. The van der Waals surface area contributed by atoms with Crippen molar-refractivity contribution in [1.29, 1.82) is 0 Å². The molecule has 0 aliphatic carbocycles. The molecule has 2 fully saturated rings. The Morgan fingerprint density at radius 2 is 1.71 bits per heavy atom. The first-order valence-corrected chi connectivity index (χ1v) is 10.5. The first kappa shape index (κ1) is 21.0. The highest BCUT2D eigenvalue weighted by Gasteiger charge is 2.43. The molecule has 2 aliphatic heterocycles. The molecule has 7 nitrogen and oxygen atoms in total. The van der Waals surface area contributed by atoms with Crippen LogP contribution in [0.4, 0.5) is 0 Å². The van der Waals surface area contributed by atoms with Crippen molar-refractivity contribution in [2.45, 2.75) is 43.9 Å². The number of carbonyl (C=O) groups excluding carboxylic acids is 1. The van der Waals surface area contributed by atoms with Gasteiger partial charge in [-0.15, -0.1) is 0 Å². The number of fused-ring (bicyclic) bond motifs is 2. The summed E-state index contributed by atoms with van der Waals surface area (Å²) in [4.78, 5) is 19.3. The zero-order valence-corrected chi connectivity index (χ0v) is 18.1. The summed E-state index contributed by atoms with van der Waals surface area (Å²) in [6.07, 6.45) is 8.93. The van der Waals surface area contributed by atoms with E-state index in [1.165, 1.54) is 0 Å². The van der Waals surface area contributed by atoms with Gasteiger partial charge in [0.25, 0.3) is 0 Å². The molecule has 2 aromatic rings. The molecular formula is C24H28N2O5. The van der Waals surface area contributed by atoms with Crippen LogP contribution in [0.15, 0.2) is 42.6 Å². The number of rotatable bonds is 7. The molecule has 0 spiro atoms. The zero-order chi connectivity index (χ0) is 21.8. The highest BCUT2D eigenvalue weighted by atomic mass is 16.5. The molecule has 7 heteroatoms. The Morgan fingerprint density at radius 1 is 1.03 bits per heavy atom. The number of piperidine rings is 1. The van der Waals surface area contributed by atoms with Crippen LogP contribution in [-0.4, -0.2) is 55.3 Å². The van der Waals surface area contributed by atoms with Crippen molar-refractivity contribution in [3.63, 3.8) is 0 Å². The number of hydrogen-bond donors (Lipinski definition) is 0. The Balaban J connectivity index is 1.44. The molecule has 2 bridgehead atoms. The maximum atomic E-state index is 13.0. The molecular weight excluding hydrogens is 396 g/mol. The largest absolute Gasteiger partial charge is 0.493 e. The molecule has 1 aromatic carbocycles. The molecule has 164 valence electrons. The SMILES string of the molecule is COc1cc(/C=C/C(=O)N2C3CCC2CC(Oc2ccccn2)C3)cc(OC)c1OC. The maximum Gasteiger partial charge on any atom is 0.247 e. The van der Waals surface area contributed by atoms with Gasteiger partial charge in [0, 0.05) is 43.3 Å². The van der Waals surface area contributed by atoms with Gasteiger partial charge < -0.3 is 23.8 Å². The normalized spacial score (nSPS) is 22.4. The van der Waals surface area contributed by atoms with Gasteiger partial charge in [0.05, 0.1) is 21.3 Å². The van der Waals surface area contributed by atoms with Gasteiger partial charge in [-0.25, -0.2) is 4.98 Å². The number of nitrogens with zero attached hydrogens (tertiary/aromatic N) is 2. The fourth-order valence-electron chi connectivity index (χ4n) is 4.62. The lowest BCUT2D eigenvalue weighted by atomic mass is 9.99. The number of benzene rings is 1. The average molecular weight is 424 g/mol. The third kappa shape index (κ3) is 4.45. The van der Waals surface area contributed by atoms with Crippen molar-refractivity contribution in [3.8, 4) is 23.1 Å². The zero-order valence-electron chi connectivity index (χ0n) is 18.1. The van der Waals surface area contributed by atoms with Crippen LogP contribution < -0.4 is 18.9 Å². The van der Waals surface area contributed by atoms with Crippen molar-refractivity contribution in [3.05, 3.63) is 48.2 Å². The average Bonchev–Trinajstić information content (AvgIpc) is 3.07. The van der Waals surface area contributed by atoms with E-state index in [9.17, 15) is 4.79 Å². The molecule has 2 unspecified atom stereocenters. The number of hydrogen-bond acceptors (Lipinski definition) is 6. The van der Waals surface area contributed by atoms with E-state index in [1.54, 1.807) is 39.7 Å². The van der Waals surface area contributed by atoms with Gasteiger partial charge in [-0.1, -0.05) is 6.07 Å². The molecule has 2 aliphatic rings. The molecule has 3 heterocycles. The number of methoxy groups -OCH3 is 3. The summed E-state index contributed by atoms with van der Waals surface area (Å²) in [7, 11) is 4.71. The number of aromatic nitrogens is 1. The lowest BCUT2D eigenvalue weighted by Gasteiger charge is -2.38.